The fourth-order valence-electron chi connectivity index (χ4n) is 3.84. The topological polar surface area (TPSA) is 86.8 Å². The van der Waals surface area contributed by atoms with Gasteiger partial charge < -0.3 is 10.2 Å². The van der Waals surface area contributed by atoms with E-state index in [-0.39, 0.29) is 23.0 Å². The van der Waals surface area contributed by atoms with E-state index < -0.39 is 28.5 Å². The molecule has 7 nitrogen and oxygen atoms in total. The highest BCUT2D eigenvalue weighted by molar-refractivity contribution is 7.92. The second-order valence-corrected chi connectivity index (χ2v) is 11.1. The Bertz CT molecular complexity index is 1370. The fourth-order valence-corrected chi connectivity index (χ4v) is 5.71. The van der Waals surface area contributed by atoms with Crippen LogP contribution in [0.2, 0.25) is 10.0 Å². The fraction of sp³-hybridized carbons (Fsp3) is 0.259. The number of hydrogen-bond acceptors (Lipinski definition) is 4. The summed E-state index contributed by atoms with van der Waals surface area (Å²) in [6.45, 7) is 4.99. The van der Waals surface area contributed by atoms with Crippen molar-refractivity contribution in [1.82, 2.24) is 10.2 Å². The molecule has 0 saturated heterocycles. The van der Waals surface area contributed by atoms with Crippen LogP contribution in [0.5, 0.6) is 0 Å². The third-order valence-electron chi connectivity index (χ3n) is 5.88. The monoisotopic (exact) mass is 561 g/mol. The quantitative estimate of drug-likeness (QED) is 0.375. The molecular formula is C27H29Cl2N3O4S. The van der Waals surface area contributed by atoms with E-state index >= 15 is 0 Å². The van der Waals surface area contributed by atoms with Crippen LogP contribution in [0.25, 0.3) is 0 Å². The molecule has 3 rings (SSSR count). The Balaban J connectivity index is 2.07. The SMILES string of the molecule is CCNC(=O)[C@H](C)N(Cc1cccc(Cl)c1)C(=O)CN(c1cccc(Cl)c1C)S(=O)(=O)c1ccccc1. The van der Waals surface area contributed by atoms with Gasteiger partial charge in [-0.15, -0.1) is 0 Å². The molecule has 0 saturated carbocycles. The predicted molar refractivity (Wildman–Crippen MR) is 147 cm³/mol. The normalized spacial score (nSPS) is 12.0. The van der Waals surface area contributed by atoms with Crippen molar-refractivity contribution in [3.8, 4) is 0 Å². The van der Waals surface area contributed by atoms with Crippen molar-refractivity contribution in [3.05, 3.63) is 94.0 Å². The molecule has 3 aromatic carbocycles. The van der Waals surface area contributed by atoms with Gasteiger partial charge in [-0.25, -0.2) is 8.42 Å². The summed E-state index contributed by atoms with van der Waals surface area (Å²) >= 11 is 12.5. The number of anilines is 1. The molecule has 0 aliphatic carbocycles. The number of carbonyl (C=O) groups excluding carboxylic acids is 2. The molecule has 10 heteroatoms. The van der Waals surface area contributed by atoms with Crippen LogP contribution in [0.15, 0.2) is 77.7 Å². The minimum atomic E-state index is -4.15. The van der Waals surface area contributed by atoms with Crippen LogP contribution in [0.4, 0.5) is 5.69 Å². The average molecular weight is 563 g/mol. The van der Waals surface area contributed by atoms with Gasteiger partial charge in [0, 0.05) is 23.1 Å². The number of nitrogens with zero attached hydrogens (tertiary/aromatic N) is 2. The zero-order valence-electron chi connectivity index (χ0n) is 20.8. The summed E-state index contributed by atoms with van der Waals surface area (Å²) in [7, 11) is -4.15. The van der Waals surface area contributed by atoms with E-state index in [2.05, 4.69) is 5.32 Å². The molecule has 0 heterocycles. The molecule has 2 amide bonds. The standard InChI is InChI=1S/C27H29Cl2N3O4S/c1-4-30-27(34)20(3)31(17-21-10-8-11-22(28)16-21)26(33)18-32(25-15-9-14-24(29)19(25)2)37(35,36)23-12-6-5-7-13-23/h5-16,20H,4,17-18H2,1-3H3,(H,30,34)/t20-/m0/s1. The summed E-state index contributed by atoms with van der Waals surface area (Å²) in [5, 5.41) is 3.58. The van der Waals surface area contributed by atoms with Crippen LogP contribution in [-0.4, -0.2) is 44.3 Å². The summed E-state index contributed by atoms with van der Waals surface area (Å²) in [6.07, 6.45) is 0. The molecule has 1 N–H and O–H groups in total. The Morgan fingerprint density at radius 2 is 1.65 bits per heavy atom. The van der Waals surface area contributed by atoms with Gasteiger partial charge in [0.2, 0.25) is 11.8 Å². The Kier molecular flexibility index (Phi) is 9.59. The van der Waals surface area contributed by atoms with Gasteiger partial charge in [0.05, 0.1) is 10.6 Å². The number of likely N-dealkylation sites (N-methyl/N-ethyl adjacent to an activating group) is 1. The zero-order valence-corrected chi connectivity index (χ0v) is 23.1. The van der Waals surface area contributed by atoms with Gasteiger partial charge in [-0.2, -0.15) is 0 Å². The molecule has 0 aliphatic heterocycles. The molecule has 37 heavy (non-hydrogen) atoms. The van der Waals surface area contributed by atoms with Crippen LogP contribution in [-0.2, 0) is 26.2 Å². The van der Waals surface area contributed by atoms with E-state index in [4.69, 9.17) is 23.2 Å². The van der Waals surface area contributed by atoms with Crippen LogP contribution in [0.1, 0.15) is 25.0 Å². The number of carbonyl (C=O) groups is 2. The van der Waals surface area contributed by atoms with E-state index in [1.807, 2.05) is 0 Å². The van der Waals surface area contributed by atoms with E-state index in [0.717, 1.165) is 4.31 Å². The first-order valence-corrected chi connectivity index (χ1v) is 13.9. The van der Waals surface area contributed by atoms with Crippen LogP contribution >= 0.6 is 23.2 Å². The number of benzene rings is 3. The average Bonchev–Trinajstić information content (AvgIpc) is 2.88. The molecule has 0 spiro atoms. The molecule has 196 valence electrons. The maximum Gasteiger partial charge on any atom is 0.264 e. The van der Waals surface area contributed by atoms with Crippen molar-refractivity contribution in [2.45, 2.75) is 38.3 Å². The number of sulfonamides is 1. The number of halogens is 2. The van der Waals surface area contributed by atoms with Crippen molar-refractivity contribution in [3.63, 3.8) is 0 Å². The van der Waals surface area contributed by atoms with Gasteiger partial charge in [-0.3, -0.25) is 13.9 Å². The van der Waals surface area contributed by atoms with E-state index in [0.29, 0.717) is 27.7 Å². The molecule has 1 atom stereocenters. The summed E-state index contributed by atoms with van der Waals surface area (Å²) < 4.78 is 28.6. The minimum absolute atomic E-state index is 0.0281. The highest BCUT2D eigenvalue weighted by Crippen LogP contribution is 2.31. The Hall–Kier alpha value is -3.07. The molecule has 0 fully saturated rings. The summed E-state index contributed by atoms with van der Waals surface area (Å²) in [5.74, 6) is -0.910. The third kappa shape index (κ3) is 6.83. The second kappa shape index (κ2) is 12.4. The maximum atomic E-state index is 13.8. The van der Waals surface area contributed by atoms with Crippen molar-refractivity contribution in [2.75, 3.05) is 17.4 Å². The van der Waals surface area contributed by atoms with E-state index in [1.54, 1.807) is 81.4 Å². The number of amides is 2. The van der Waals surface area contributed by atoms with Gasteiger partial charge in [0.15, 0.2) is 0 Å². The lowest BCUT2D eigenvalue weighted by Gasteiger charge is -2.32. The number of nitrogens with one attached hydrogen (secondary N) is 1. The lowest BCUT2D eigenvalue weighted by molar-refractivity contribution is -0.139. The van der Waals surface area contributed by atoms with E-state index in [1.165, 1.54) is 17.0 Å². The molecular weight excluding hydrogens is 533 g/mol. The first kappa shape index (κ1) is 28.5. The van der Waals surface area contributed by atoms with Crippen molar-refractivity contribution >= 4 is 50.7 Å². The van der Waals surface area contributed by atoms with Crippen LogP contribution in [0.3, 0.4) is 0 Å². The van der Waals surface area contributed by atoms with Gasteiger partial charge in [0.25, 0.3) is 10.0 Å². The Morgan fingerprint density at radius 3 is 2.30 bits per heavy atom. The lowest BCUT2D eigenvalue weighted by atomic mass is 10.1. The molecule has 0 bridgehead atoms. The lowest BCUT2D eigenvalue weighted by Crippen LogP contribution is -2.51. The molecule has 0 aliphatic rings. The Labute approximate surface area is 228 Å². The van der Waals surface area contributed by atoms with Crippen molar-refractivity contribution < 1.29 is 18.0 Å². The van der Waals surface area contributed by atoms with Crippen molar-refractivity contribution in [1.29, 1.82) is 0 Å². The predicted octanol–water partition coefficient (Wildman–Crippen LogP) is 5.05. The van der Waals surface area contributed by atoms with Gasteiger partial charge in [-0.1, -0.05) is 59.6 Å². The summed E-state index contributed by atoms with van der Waals surface area (Å²) in [4.78, 5) is 27.9. The Morgan fingerprint density at radius 1 is 0.973 bits per heavy atom. The smallest absolute Gasteiger partial charge is 0.264 e. The first-order valence-electron chi connectivity index (χ1n) is 11.7. The van der Waals surface area contributed by atoms with Gasteiger partial charge in [0.1, 0.15) is 12.6 Å². The zero-order chi connectivity index (χ0) is 27.2. The van der Waals surface area contributed by atoms with Crippen LogP contribution in [0, 0.1) is 6.92 Å². The van der Waals surface area contributed by atoms with E-state index in [9.17, 15) is 18.0 Å². The highest BCUT2D eigenvalue weighted by atomic mass is 35.5. The second-order valence-electron chi connectivity index (χ2n) is 8.43. The molecule has 0 unspecified atom stereocenters. The summed E-state index contributed by atoms with van der Waals surface area (Å²) in [6, 6.07) is 18.8. The first-order chi connectivity index (χ1) is 17.6. The number of rotatable bonds is 10. The van der Waals surface area contributed by atoms with Gasteiger partial charge in [-0.05, 0) is 68.3 Å². The molecule has 0 radical (unpaired) electrons. The largest absolute Gasteiger partial charge is 0.355 e. The molecule has 3 aromatic rings. The third-order valence-corrected chi connectivity index (χ3v) is 8.30. The highest BCUT2D eigenvalue weighted by Gasteiger charge is 2.33. The number of hydrogen-bond donors (Lipinski definition) is 1. The minimum Gasteiger partial charge on any atom is -0.355 e. The molecule has 0 aromatic heterocycles. The van der Waals surface area contributed by atoms with Crippen molar-refractivity contribution in [2.24, 2.45) is 0 Å². The van der Waals surface area contributed by atoms with Crippen LogP contribution < -0.4 is 9.62 Å². The maximum absolute atomic E-state index is 13.8. The summed E-state index contributed by atoms with van der Waals surface area (Å²) in [5.41, 5.74) is 1.49. The van der Waals surface area contributed by atoms with Gasteiger partial charge >= 0.3 is 0 Å².